The molecule has 1 aromatic carbocycles. The molecule has 0 saturated carbocycles. The number of esters is 1. The van der Waals surface area contributed by atoms with Crippen molar-refractivity contribution in [3.8, 4) is 6.07 Å². The molecule has 0 unspecified atom stereocenters. The van der Waals surface area contributed by atoms with Crippen molar-refractivity contribution in [3.63, 3.8) is 0 Å². The van der Waals surface area contributed by atoms with Crippen molar-refractivity contribution in [2.45, 2.75) is 6.42 Å². The molecule has 72 valence electrons. The van der Waals surface area contributed by atoms with Gasteiger partial charge in [0.05, 0.1) is 25.2 Å². The van der Waals surface area contributed by atoms with Crippen molar-refractivity contribution in [2.75, 3.05) is 12.8 Å². The first-order valence-corrected chi connectivity index (χ1v) is 4.02. The van der Waals surface area contributed by atoms with E-state index in [1.165, 1.54) is 7.11 Å². The van der Waals surface area contributed by atoms with Crippen LogP contribution in [0.15, 0.2) is 18.2 Å². The number of nitrogens with two attached hydrogens (primary N) is 1. The summed E-state index contributed by atoms with van der Waals surface area (Å²) in [6.07, 6.45) is 0.254. The molecule has 0 saturated heterocycles. The van der Waals surface area contributed by atoms with Crippen LogP contribution >= 0.6 is 0 Å². The minimum Gasteiger partial charge on any atom is -0.465 e. The molecule has 0 amide bonds. The zero-order chi connectivity index (χ0) is 10.6. The highest BCUT2D eigenvalue weighted by Gasteiger charge is 2.10. The average molecular weight is 190 g/mol. The molecule has 0 bridgehead atoms. The standard InChI is InChI=1S/C10H10N2O2/c1-14-10(13)8-6-7(4-5-11)2-3-9(8)12/h2-3,6H,4,12H2,1H3. The highest BCUT2D eigenvalue weighted by molar-refractivity contribution is 5.95. The normalized spacial score (nSPS) is 9.14. The molecule has 4 nitrogen and oxygen atoms in total. The van der Waals surface area contributed by atoms with Gasteiger partial charge in [-0.2, -0.15) is 5.26 Å². The lowest BCUT2D eigenvalue weighted by atomic mass is 10.1. The zero-order valence-corrected chi connectivity index (χ0v) is 7.78. The largest absolute Gasteiger partial charge is 0.465 e. The minimum atomic E-state index is -0.484. The van der Waals surface area contributed by atoms with Gasteiger partial charge < -0.3 is 10.5 Å². The Bertz CT molecular complexity index is 394. The van der Waals surface area contributed by atoms with E-state index in [0.717, 1.165) is 5.56 Å². The molecule has 0 spiro atoms. The zero-order valence-electron chi connectivity index (χ0n) is 7.78. The number of rotatable bonds is 2. The van der Waals surface area contributed by atoms with Crippen molar-refractivity contribution in [3.05, 3.63) is 29.3 Å². The number of methoxy groups -OCH3 is 1. The number of hydrogen-bond acceptors (Lipinski definition) is 4. The van der Waals surface area contributed by atoms with Crippen LogP contribution in [0.2, 0.25) is 0 Å². The summed E-state index contributed by atoms with van der Waals surface area (Å²) < 4.78 is 4.55. The van der Waals surface area contributed by atoms with Crippen LogP contribution in [0.3, 0.4) is 0 Å². The summed E-state index contributed by atoms with van der Waals surface area (Å²) in [7, 11) is 1.29. The van der Waals surface area contributed by atoms with Gasteiger partial charge in [0.1, 0.15) is 0 Å². The number of carbonyl (C=O) groups excluding carboxylic acids is 1. The molecule has 1 aromatic rings. The van der Waals surface area contributed by atoms with E-state index < -0.39 is 5.97 Å². The molecule has 0 radical (unpaired) electrons. The molecule has 0 fully saturated rings. The third-order valence-corrected chi connectivity index (χ3v) is 1.81. The fourth-order valence-electron chi connectivity index (χ4n) is 1.09. The SMILES string of the molecule is COC(=O)c1cc(CC#N)ccc1N. The van der Waals surface area contributed by atoms with Crippen LogP contribution < -0.4 is 5.73 Å². The molecule has 0 aliphatic rings. The van der Waals surface area contributed by atoms with E-state index in [9.17, 15) is 4.79 Å². The van der Waals surface area contributed by atoms with E-state index >= 15 is 0 Å². The monoisotopic (exact) mass is 190 g/mol. The second-order valence-corrected chi connectivity index (χ2v) is 2.75. The summed E-state index contributed by atoms with van der Waals surface area (Å²) in [5.41, 5.74) is 7.00. The molecular weight excluding hydrogens is 180 g/mol. The van der Waals surface area contributed by atoms with E-state index in [-0.39, 0.29) is 6.42 Å². The Labute approximate surface area is 81.9 Å². The van der Waals surface area contributed by atoms with Crippen LogP contribution in [0.5, 0.6) is 0 Å². The molecule has 14 heavy (non-hydrogen) atoms. The molecule has 0 aliphatic carbocycles. The smallest absolute Gasteiger partial charge is 0.339 e. The number of nitrogens with zero attached hydrogens (tertiary/aromatic N) is 1. The summed E-state index contributed by atoms with van der Waals surface area (Å²) in [6.45, 7) is 0. The fraction of sp³-hybridized carbons (Fsp3) is 0.200. The number of nitriles is 1. The molecular formula is C10H10N2O2. The number of hydrogen-bond donors (Lipinski definition) is 1. The van der Waals surface area contributed by atoms with Crippen LogP contribution in [0.25, 0.3) is 0 Å². The summed E-state index contributed by atoms with van der Waals surface area (Å²) in [5, 5.41) is 8.48. The van der Waals surface area contributed by atoms with E-state index in [0.29, 0.717) is 11.3 Å². The third kappa shape index (κ3) is 2.02. The van der Waals surface area contributed by atoms with E-state index in [1.54, 1.807) is 18.2 Å². The summed E-state index contributed by atoms with van der Waals surface area (Å²) >= 11 is 0. The lowest BCUT2D eigenvalue weighted by Gasteiger charge is -2.04. The first-order valence-electron chi connectivity index (χ1n) is 4.02. The number of carbonyl (C=O) groups is 1. The van der Waals surface area contributed by atoms with Crippen molar-refractivity contribution in [1.82, 2.24) is 0 Å². The first kappa shape index (κ1) is 10.1. The predicted molar refractivity (Wildman–Crippen MR) is 51.5 cm³/mol. The molecule has 0 aliphatic heterocycles. The number of ether oxygens (including phenoxy) is 1. The predicted octanol–water partition coefficient (Wildman–Crippen LogP) is 1.12. The first-order chi connectivity index (χ1) is 6.69. The second-order valence-electron chi connectivity index (χ2n) is 2.75. The van der Waals surface area contributed by atoms with Gasteiger partial charge in [-0.05, 0) is 17.7 Å². The molecule has 0 aromatic heterocycles. The van der Waals surface area contributed by atoms with E-state index in [2.05, 4.69) is 4.74 Å². The van der Waals surface area contributed by atoms with Crippen molar-refractivity contribution >= 4 is 11.7 Å². The van der Waals surface area contributed by atoms with Crippen LogP contribution in [0.1, 0.15) is 15.9 Å². The Morgan fingerprint density at radius 1 is 1.64 bits per heavy atom. The van der Waals surface area contributed by atoms with Crippen molar-refractivity contribution < 1.29 is 9.53 Å². The quantitative estimate of drug-likeness (QED) is 0.560. The van der Waals surface area contributed by atoms with E-state index in [1.807, 2.05) is 6.07 Å². The lowest BCUT2D eigenvalue weighted by Crippen LogP contribution is -2.06. The topological polar surface area (TPSA) is 76.1 Å². The Kier molecular flexibility index (Phi) is 3.08. The van der Waals surface area contributed by atoms with Gasteiger partial charge in [0, 0.05) is 5.69 Å². The molecule has 0 atom stereocenters. The van der Waals surface area contributed by atoms with Gasteiger partial charge in [-0.15, -0.1) is 0 Å². The molecule has 0 heterocycles. The minimum absolute atomic E-state index is 0.254. The van der Waals surface area contributed by atoms with Gasteiger partial charge in [0.25, 0.3) is 0 Å². The number of nitrogen functional groups attached to an aromatic ring is 1. The van der Waals surface area contributed by atoms with Crippen molar-refractivity contribution in [2.24, 2.45) is 0 Å². The number of anilines is 1. The third-order valence-electron chi connectivity index (χ3n) is 1.81. The van der Waals surface area contributed by atoms with Crippen molar-refractivity contribution in [1.29, 1.82) is 5.26 Å². The van der Waals surface area contributed by atoms with Crippen LogP contribution in [0, 0.1) is 11.3 Å². The van der Waals surface area contributed by atoms with Gasteiger partial charge in [-0.25, -0.2) is 4.79 Å². The van der Waals surface area contributed by atoms with Crippen LogP contribution in [-0.2, 0) is 11.2 Å². The molecule has 4 heteroatoms. The average Bonchev–Trinajstić information content (AvgIpc) is 2.20. The lowest BCUT2D eigenvalue weighted by molar-refractivity contribution is 0.0602. The fourth-order valence-corrected chi connectivity index (χ4v) is 1.09. The van der Waals surface area contributed by atoms with Gasteiger partial charge in [0.2, 0.25) is 0 Å². The van der Waals surface area contributed by atoms with Crippen LogP contribution in [-0.4, -0.2) is 13.1 Å². The highest BCUT2D eigenvalue weighted by Crippen LogP contribution is 2.15. The maximum atomic E-state index is 11.2. The van der Waals surface area contributed by atoms with E-state index in [4.69, 9.17) is 11.0 Å². The maximum Gasteiger partial charge on any atom is 0.339 e. The Hall–Kier alpha value is -2.02. The van der Waals surface area contributed by atoms with Gasteiger partial charge >= 0.3 is 5.97 Å². The van der Waals surface area contributed by atoms with Crippen LogP contribution in [0.4, 0.5) is 5.69 Å². The Morgan fingerprint density at radius 2 is 2.36 bits per heavy atom. The Morgan fingerprint density at radius 3 is 2.93 bits per heavy atom. The second kappa shape index (κ2) is 4.28. The molecule has 1 rings (SSSR count). The maximum absolute atomic E-state index is 11.2. The summed E-state index contributed by atoms with van der Waals surface area (Å²) in [4.78, 5) is 11.2. The van der Waals surface area contributed by atoms with Gasteiger partial charge in [-0.3, -0.25) is 0 Å². The van der Waals surface area contributed by atoms with Gasteiger partial charge in [-0.1, -0.05) is 6.07 Å². The van der Waals surface area contributed by atoms with Gasteiger partial charge in [0.15, 0.2) is 0 Å². The highest BCUT2D eigenvalue weighted by atomic mass is 16.5. The Balaban J connectivity index is 3.09. The summed E-state index contributed by atoms with van der Waals surface area (Å²) in [6, 6.07) is 6.88. The number of benzene rings is 1. The molecule has 2 N–H and O–H groups in total. The summed E-state index contributed by atoms with van der Waals surface area (Å²) in [5.74, 6) is -0.484.